The van der Waals surface area contributed by atoms with E-state index in [1.54, 1.807) is 7.11 Å². The Kier molecular flexibility index (Phi) is 3.28. The molecule has 22 heavy (non-hydrogen) atoms. The lowest BCUT2D eigenvalue weighted by Gasteiger charge is -2.53. The van der Waals surface area contributed by atoms with Crippen molar-refractivity contribution in [3.8, 4) is 5.75 Å². The van der Waals surface area contributed by atoms with Crippen LogP contribution in [0.5, 0.6) is 5.75 Å². The number of phenolic OH excluding ortho intramolecular Hbond substituents is 1. The molecule has 4 rings (SSSR count). The molecule has 0 bridgehead atoms. The molecule has 2 fully saturated rings. The molecule has 2 saturated carbocycles. The number of aliphatic hydroxyl groups is 1. The van der Waals surface area contributed by atoms with E-state index in [0.29, 0.717) is 23.5 Å². The molecule has 3 aliphatic rings. The minimum absolute atomic E-state index is 0.0929. The van der Waals surface area contributed by atoms with Crippen molar-refractivity contribution in [3.63, 3.8) is 0 Å². The lowest BCUT2D eigenvalue weighted by atomic mass is 9.54. The van der Waals surface area contributed by atoms with Gasteiger partial charge in [0, 0.05) is 12.5 Å². The number of ether oxygens (including phenoxy) is 1. The highest BCUT2D eigenvalue weighted by Gasteiger charge is 2.59. The second kappa shape index (κ2) is 4.97. The third-order valence-electron chi connectivity index (χ3n) is 7.02. The maximum atomic E-state index is 10.6. The molecular formula is C19H26O3. The Morgan fingerprint density at radius 1 is 1.23 bits per heavy atom. The van der Waals surface area contributed by atoms with Crippen molar-refractivity contribution < 1.29 is 14.9 Å². The van der Waals surface area contributed by atoms with E-state index in [2.05, 4.69) is 13.0 Å². The standard InChI is InChI=1S/C19H26O3/c1-19-16(7-8-17(19)21)14-5-3-11-9-12(20)4-6-13(11)15(14)10-18(19)22-2/h4,6,9,14-18,20-21H,3,5,7-8,10H2,1-2H3/t14-,15-,16+,17-,18?,19+/m1/s1. The van der Waals surface area contributed by atoms with Crippen LogP contribution in [0.25, 0.3) is 0 Å². The molecular weight excluding hydrogens is 276 g/mol. The summed E-state index contributed by atoms with van der Waals surface area (Å²) in [6.45, 7) is 2.24. The van der Waals surface area contributed by atoms with Gasteiger partial charge in [-0.05, 0) is 73.1 Å². The Balaban J connectivity index is 1.76. The van der Waals surface area contributed by atoms with Gasteiger partial charge in [-0.3, -0.25) is 0 Å². The van der Waals surface area contributed by atoms with E-state index in [4.69, 9.17) is 4.74 Å². The third kappa shape index (κ3) is 1.82. The maximum absolute atomic E-state index is 10.6. The average molecular weight is 302 g/mol. The summed E-state index contributed by atoms with van der Waals surface area (Å²) in [5.74, 6) is 2.08. The van der Waals surface area contributed by atoms with Crippen LogP contribution in [0, 0.1) is 17.3 Å². The van der Waals surface area contributed by atoms with Gasteiger partial charge in [0.25, 0.3) is 0 Å². The van der Waals surface area contributed by atoms with Gasteiger partial charge in [-0.15, -0.1) is 0 Å². The molecule has 0 aromatic heterocycles. The van der Waals surface area contributed by atoms with Crippen molar-refractivity contribution in [2.45, 2.75) is 57.2 Å². The Labute approximate surface area is 132 Å². The molecule has 0 amide bonds. The number of phenols is 1. The fraction of sp³-hybridized carbons (Fsp3) is 0.684. The second-order valence-electron chi connectivity index (χ2n) is 7.72. The van der Waals surface area contributed by atoms with Gasteiger partial charge in [-0.1, -0.05) is 13.0 Å². The summed E-state index contributed by atoms with van der Waals surface area (Å²) < 4.78 is 5.86. The zero-order valence-corrected chi connectivity index (χ0v) is 13.5. The van der Waals surface area contributed by atoms with Crippen LogP contribution in [0.2, 0.25) is 0 Å². The van der Waals surface area contributed by atoms with E-state index in [1.165, 1.54) is 17.5 Å². The molecule has 0 aliphatic heterocycles. The van der Waals surface area contributed by atoms with E-state index < -0.39 is 0 Å². The quantitative estimate of drug-likeness (QED) is 0.837. The largest absolute Gasteiger partial charge is 0.508 e. The molecule has 120 valence electrons. The molecule has 0 spiro atoms. The summed E-state index contributed by atoms with van der Waals surface area (Å²) >= 11 is 0. The van der Waals surface area contributed by atoms with Gasteiger partial charge in [0.05, 0.1) is 12.2 Å². The topological polar surface area (TPSA) is 49.7 Å². The lowest BCUT2D eigenvalue weighted by Crippen LogP contribution is -2.53. The molecule has 1 aromatic rings. The fourth-order valence-electron chi connectivity index (χ4n) is 5.88. The van der Waals surface area contributed by atoms with Crippen LogP contribution in [0.1, 0.15) is 49.7 Å². The number of hydrogen-bond acceptors (Lipinski definition) is 3. The van der Waals surface area contributed by atoms with Gasteiger partial charge in [-0.2, -0.15) is 0 Å². The van der Waals surface area contributed by atoms with E-state index in [-0.39, 0.29) is 17.6 Å². The molecule has 3 nitrogen and oxygen atoms in total. The zero-order chi connectivity index (χ0) is 15.5. The molecule has 3 heteroatoms. The van der Waals surface area contributed by atoms with Gasteiger partial charge in [-0.25, -0.2) is 0 Å². The number of hydrogen-bond donors (Lipinski definition) is 2. The normalized spacial score (nSPS) is 43.3. The van der Waals surface area contributed by atoms with E-state index in [0.717, 1.165) is 25.7 Å². The van der Waals surface area contributed by atoms with Crippen LogP contribution >= 0.6 is 0 Å². The summed E-state index contributed by atoms with van der Waals surface area (Å²) in [7, 11) is 1.79. The van der Waals surface area contributed by atoms with Crippen molar-refractivity contribution >= 4 is 0 Å². The predicted octanol–water partition coefficient (Wildman–Crippen LogP) is 3.23. The first kappa shape index (κ1) is 14.5. The van der Waals surface area contributed by atoms with Gasteiger partial charge in [0.1, 0.15) is 5.75 Å². The van der Waals surface area contributed by atoms with Crippen LogP contribution in [0.4, 0.5) is 0 Å². The third-order valence-corrected chi connectivity index (χ3v) is 7.02. The predicted molar refractivity (Wildman–Crippen MR) is 84.9 cm³/mol. The molecule has 0 radical (unpaired) electrons. The van der Waals surface area contributed by atoms with Crippen LogP contribution in [0.3, 0.4) is 0 Å². The number of benzene rings is 1. The summed E-state index contributed by atoms with van der Waals surface area (Å²) in [5.41, 5.74) is 2.61. The van der Waals surface area contributed by atoms with Crippen LogP contribution in [0.15, 0.2) is 18.2 Å². The lowest BCUT2D eigenvalue weighted by molar-refractivity contribution is -0.130. The van der Waals surface area contributed by atoms with Crippen molar-refractivity contribution in [2.75, 3.05) is 7.11 Å². The molecule has 1 unspecified atom stereocenters. The first-order valence-electron chi connectivity index (χ1n) is 8.58. The van der Waals surface area contributed by atoms with Gasteiger partial charge in [0.2, 0.25) is 0 Å². The van der Waals surface area contributed by atoms with Gasteiger partial charge >= 0.3 is 0 Å². The van der Waals surface area contributed by atoms with Crippen molar-refractivity contribution in [3.05, 3.63) is 29.3 Å². The number of aromatic hydroxyl groups is 1. The van der Waals surface area contributed by atoms with Crippen LogP contribution in [-0.4, -0.2) is 29.5 Å². The van der Waals surface area contributed by atoms with Crippen molar-refractivity contribution in [1.82, 2.24) is 0 Å². The Bertz CT molecular complexity index is 584. The minimum Gasteiger partial charge on any atom is -0.508 e. The fourth-order valence-corrected chi connectivity index (χ4v) is 5.88. The first-order valence-corrected chi connectivity index (χ1v) is 8.58. The Hall–Kier alpha value is -1.06. The Morgan fingerprint density at radius 3 is 2.82 bits per heavy atom. The summed E-state index contributed by atoms with van der Waals surface area (Å²) in [4.78, 5) is 0. The van der Waals surface area contributed by atoms with Gasteiger partial charge < -0.3 is 14.9 Å². The van der Waals surface area contributed by atoms with E-state index in [1.807, 2.05) is 12.1 Å². The summed E-state index contributed by atoms with van der Waals surface area (Å²) in [6.07, 6.45) is 5.12. The number of aliphatic hydroxyl groups excluding tert-OH is 1. The molecule has 0 heterocycles. The molecule has 6 atom stereocenters. The van der Waals surface area contributed by atoms with E-state index >= 15 is 0 Å². The van der Waals surface area contributed by atoms with Crippen LogP contribution in [-0.2, 0) is 11.2 Å². The Morgan fingerprint density at radius 2 is 2.05 bits per heavy atom. The number of fused-ring (bicyclic) bond motifs is 5. The van der Waals surface area contributed by atoms with Gasteiger partial charge in [0.15, 0.2) is 0 Å². The highest BCUT2D eigenvalue weighted by molar-refractivity contribution is 5.40. The monoisotopic (exact) mass is 302 g/mol. The summed E-state index contributed by atoms with van der Waals surface area (Å²) in [5, 5.41) is 20.3. The smallest absolute Gasteiger partial charge is 0.115 e. The SMILES string of the molecule is COC1C[C@@H]2c3ccc(O)cc3CC[C@H]2[C@@H]2CC[C@@H](O)[C@@]12C. The zero-order valence-electron chi connectivity index (χ0n) is 13.5. The van der Waals surface area contributed by atoms with Crippen molar-refractivity contribution in [1.29, 1.82) is 0 Å². The van der Waals surface area contributed by atoms with Crippen LogP contribution < -0.4 is 0 Å². The average Bonchev–Trinajstić information content (AvgIpc) is 2.82. The number of rotatable bonds is 1. The number of aryl methyl sites for hydroxylation is 1. The summed E-state index contributed by atoms with van der Waals surface area (Å²) in [6, 6.07) is 5.87. The maximum Gasteiger partial charge on any atom is 0.115 e. The second-order valence-corrected chi connectivity index (χ2v) is 7.72. The van der Waals surface area contributed by atoms with Crippen molar-refractivity contribution in [2.24, 2.45) is 17.3 Å². The first-order chi connectivity index (χ1) is 10.6. The molecule has 0 saturated heterocycles. The molecule has 3 aliphatic carbocycles. The highest BCUT2D eigenvalue weighted by Crippen LogP contribution is 2.61. The minimum atomic E-state index is -0.232. The highest BCUT2D eigenvalue weighted by atomic mass is 16.5. The van der Waals surface area contributed by atoms with E-state index in [9.17, 15) is 10.2 Å². The molecule has 2 N–H and O–H groups in total. The number of methoxy groups -OCH3 is 1. The molecule has 1 aromatic carbocycles.